The van der Waals surface area contributed by atoms with Crippen molar-refractivity contribution in [3.63, 3.8) is 0 Å². The Hall–Kier alpha value is -1.01. The summed E-state index contributed by atoms with van der Waals surface area (Å²) in [7, 11) is 4.97. The summed E-state index contributed by atoms with van der Waals surface area (Å²) in [5.74, 6) is 0. The smallest absolute Gasteiger partial charge is 0.253 e. The number of anilines is 2. The molecular weight excluding hydrogens is 291 g/mol. The van der Waals surface area contributed by atoms with Gasteiger partial charge >= 0.3 is 0 Å². The standard InChI is InChI=1S/C13H23N4O3P/c1-13(2,20-21-16(4)6-7-17(21)5)8-15-10-9(14-3)11(18)12(10)19/h14-15H,6-8H2,1-5H3. The summed E-state index contributed by atoms with van der Waals surface area (Å²) in [5.41, 5.74) is -0.644. The highest BCUT2D eigenvalue weighted by Crippen LogP contribution is 2.50. The molecule has 0 saturated carbocycles. The second kappa shape index (κ2) is 6.01. The molecule has 1 saturated heterocycles. The highest BCUT2D eigenvalue weighted by molar-refractivity contribution is 7.47. The average Bonchev–Trinajstić information content (AvgIpc) is 2.73. The van der Waals surface area contributed by atoms with Gasteiger partial charge < -0.3 is 15.2 Å². The zero-order valence-corrected chi connectivity index (χ0v) is 14.1. The maximum atomic E-state index is 11.5. The van der Waals surface area contributed by atoms with Crippen LogP contribution in [0.1, 0.15) is 13.8 Å². The van der Waals surface area contributed by atoms with Gasteiger partial charge in [-0.15, -0.1) is 0 Å². The van der Waals surface area contributed by atoms with Crippen LogP contribution < -0.4 is 21.5 Å². The van der Waals surface area contributed by atoms with Crippen molar-refractivity contribution in [2.24, 2.45) is 0 Å². The lowest BCUT2D eigenvalue weighted by Gasteiger charge is -2.34. The van der Waals surface area contributed by atoms with Gasteiger partial charge in [0, 0.05) is 26.7 Å². The molecule has 8 heteroatoms. The predicted octanol–water partition coefficient (Wildman–Crippen LogP) is 0.635. The molecule has 0 aromatic heterocycles. The minimum atomic E-state index is -0.764. The van der Waals surface area contributed by atoms with E-state index in [-0.39, 0.29) is 0 Å². The minimum Gasteiger partial charge on any atom is -0.383 e. The minimum absolute atomic E-state index is 0.358. The monoisotopic (exact) mass is 314 g/mol. The first kappa shape index (κ1) is 16.4. The molecule has 0 atom stereocenters. The van der Waals surface area contributed by atoms with E-state index in [1.165, 1.54) is 0 Å². The molecule has 0 radical (unpaired) electrons. The first-order valence-electron chi connectivity index (χ1n) is 6.93. The molecule has 1 aromatic carbocycles. The van der Waals surface area contributed by atoms with Crippen LogP contribution in [0.2, 0.25) is 0 Å². The molecule has 1 aromatic rings. The summed E-state index contributed by atoms with van der Waals surface area (Å²) in [5, 5.41) is 5.79. The van der Waals surface area contributed by atoms with Crippen molar-refractivity contribution in [1.29, 1.82) is 0 Å². The quantitative estimate of drug-likeness (QED) is 0.589. The number of hydrogen-bond acceptors (Lipinski definition) is 7. The van der Waals surface area contributed by atoms with Gasteiger partial charge in [0.05, 0.1) is 5.60 Å². The summed E-state index contributed by atoms with van der Waals surface area (Å²) in [6, 6.07) is 0. The van der Waals surface area contributed by atoms with E-state index >= 15 is 0 Å². The summed E-state index contributed by atoms with van der Waals surface area (Å²) >= 11 is 0. The summed E-state index contributed by atoms with van der Waals surface area (Å²) in [6.45, 7) is 6.41. The zero-order chi connectivity index (χ0) is 15.8. The van der Waals surface area contributed by atoms with Crippen LogP contribution in [0.25, 0.3) is 0 Å². The van der Waals surface area contributed by atoms with Crippen molar-refractivity contribution in [2.75, 3.05) is 51.4 Å². The molecule has 0 aliphatic carbocycles. The highest BCUT2D eigenvalue weighted by atomic mass is 31.2. The van der Waals surface area contributed by atoms with Crippen molar-refractivity contribution in [3.8, 4) is 0 Å². The third-order valence-electron chi connectivity index (χ3n) is 3.51. The van der Waals surface area contributed by atoms with E-state index in [1.54, 1.807) is 7.05 Å². The van der Waals surface area contributed by atoms with Gasteiger partial charge in [0.15, 0.2) is 8.45 Å². The van der Waals surface area contributed by atoms with Gasteiger partial charge in [-0.2, -0.15) is 0 Å². The van der Waals surface area contributed by atoms with E-state index < -0.39 is 24.9 Å². The molecule has 0 unspecified atom stereocenters. The van der Waals surface area contributed by atoms with Gasteiger partial charge in [0.1, 0.15) is 11.4 Å². The molecule has 21 heavy (non-hydrogen) atoms. The second-order valence-electron chi connectivity index (χ2n) is 5.88. The fraction of sp³-hybridized carbons (Fsp3) is 0.692. The molecule has 1 aliphatic rings. The van der Waals surface area contributed by atoms with Crippen LogP contribution >= 0.6 is 8.45 Å². The van der Waals surface area contributed by atoms with Crippen LogP contribution in [-0.2, 0) is 4.52 Å². The van der Waals surface area contributed by atoms with Gasteiger partial charge in [-0.05, 0) is 27.9 Å². The lowest BCUT2D eigenvalue weighted by molar-refractivity contribution is 0.125. The molecule has 1 aliphatic heterocycles. The molecule has 1 heterocycles. The van der Waals surface area contributed by atoms with E-state index in [0.717, 1.165) is 13.1 Å². The van der Waals surface area contributed by atoms with E-state index in [2.05, 4.69) is 34.1 Å². The van der Waals surface area contributed by atoms with Crippen molar-refractivity contribution in [1.82, 2.24) is 9.34 Å². The van der Waals surface area contributed by atoms with Crippen molar-refractivity contribution >= 4 is 19.8 Å². The van der Waals surface area contributed by atoms with Crippen molar-refractivity contribution < 1.29 is 4.52 Å². The van der Waals surface area contributed by atoms with Crippen molar-refractivity contribution in [3.05, 3.63) is 20.4 Å². The molecular formula is C13H23N4O3P. The predicted molar refractivity (Wildman–Crippen MR) is 86.7 cm³/mol. The van der Waals surface area contributed by atoms with Crippen LogP contribution in [0.3, 0.4) is 0 Å². The molecule has 0 spiro atoms. The molecule has 118 valence electrons. The molecule has 2 N–H and O–H groups in total. The zero-order valence-electron chi connectivity index (χ0n) is 13.2. The normalized spacial score (nSPS) is 18.5. The van der Waals surface area contributed by atoms with E-state index in [9.17, 15) is 9.59 Å². The Kier molecular flexibility index (Phi) is 4.68. The molecule has 1 fully saturated rings. The van der Waals surface area contributed by atoms with E-state index in [4.69, 9.17) is 4.52 Å². The Labute approximate surface area is 125 Å². The summed E-state index contributed by atoms with van der Waals surface area (Å²) < 4.78 is 10.6. The summed E-state index contributed by atoms with van der Waals surface area (Å²) in [6.07, 6.45) is 0. The van der Waals surface area contributed by atoms with Gasteiger partial charge in [0.25, 0.3) is 10.9 Å². The fourth-order valence-corrected chi connectivity index (χ4v) is 4.04. The number of nitrogens with one attached hydrogen (secondary N) is 2. The van der Waals surface area contributed by atoms with Crippen LogP contribution in [0, 0.1) is 0 Å². The SMILES string of the molecule is CNc1c(NCC(C)(C)OP2N(C)CCN2C)c(=O)c1=O. The largest absolute Gasteiger partial charge is 0.383 e. The maximum absolute atomic E-state index is 11.5. The average molecular weight is 314 g/mol. The Morgan fingerprint density at radius 3 is 2.19 bits per heavy atom. The fourth-order valence-electron chi connectivity index (χ4n) is 2.21. The molecule has 2 rings (SSSR count). The van der Waals surface area contributed by atoms with Gasteiger partial charge in [-0.3, -0.25) is 9.59 Å². The van der Waals surface area contributed by atoms with Crippen LogP contribution in [-0.4, -0.2) is 55.7 Å². The van der Waals surface area contributed by atoms with E-state index in [1.807, 2.05) is 13.8 Å². The van der Waals surface area contributed by atoms with E-state index in [0.29, 0.717) is 17.9 Å². The third kappa shape index (κ3) is 3.26. The second-order valence-corrected chi connectivity index (χ2v) is 7.93. The lowest BCUT2D eigenvalue weighted by Crippen LogP contribution is -2.41. The topological polar surface area (TPSA) is 73.9 Å². The molecule has 7 nitrogen and oxygen atoms in total. The molecule has 0 amide bonds. The lowest BCUT2D eigenvalue weighted by atomic mass is 10.1. The molecule has 0 bridgehead atoms. The van der Waals surface area contributed by atoms with Gasteiger partial charge in [-0.25, -0.2) is 9.34 Å². The van der Waals surface area contributed by atoms with Gasteiger partial charge in [-0.1, -0.05) is 0 Å². The third-order valence-corrected chi connectivity index (χ3v) is 5.74. The number of hydrogen-bond donors (Lipinski definition) is 2. The van der Waals surface area contributed by atoms with Crippen LogP contribution in [0.15, 0.2) is 9.59 Å². The maximum Gasteiger partial charge on any atom is 0.253 e. The highest BCUT2D eigenvalue weighted by Gasteiger charge is 2.34. The number of nitrogens with zero attached hydrogens (tertiary/aromatic N) is 2. The first-order chi connectivity index (χ1) is 9.76. The van der Waals surface area contributed by atoms with Gasteiger partial charge in [0.2, 0.25) is 0 Å². The number of rotatable bonds is 6. The van der Waals surface area contributed by atoms with Crippen LogP contribution in [0.5, 0.6) is 0 Å². The Balaban J connectivity index is 1.97. The van der Waals surface area contributed by atoms with Crippen LogP contribution in [0.4, 0.5) is 11.4 Å². The Bertz CT molecular complexity index is 572. The summed E-state index contributed by atoms with van der Waals surface area (Å²) in [4.78, 5) is 22.9. The Morgan fingerprint density at radius 1 is 1.14 bits per heavy atom. The number of likely N-dealkylation sites (N-methyl/N-ethyl adjacent to an activating group) is 2. The first-order valence-corrected chi connectivity index (χ1v) is 8.09. The van der Waals surface area contributed by atoms with Crippen molar-refractivity contribution in [2.45, 2.75) is 19.4 Å². The Morgan fingerprint density at radius 2 is 1.67 bits per heavy atom.